The molecule has 0 saturated carbocycles. The van der Waals surface area contributed by atoms with Gasteiger partial charge in [0.05, 0.1) is 5.45 Å². The van der Waals surface area contributed by atoms with Gasteiger partial charge in [-0.1, -0.05) is 41.9 Å². The third-order valence-corrected chi connectivity index (χ3v) is 3.82. The van der Waals surface area contributed by atoms with Crippen LogP contribution < -0.4 is 0 Å². The highest BCUT2D eigenvalue weighted by Gasteiger charge is 2.00. The molecule has 1 aromatic carbocycles. The maximum Gasteiger partial charge on any atom is 0.0542 e. The van der Waals surface area contributed by atoms with Gasteiger partial charge in [0, 0.05) is 16.7 Å². The topological polar surface area (TPSA) is 3.24 Å². The van der Waals surface area contributed by atoms with Crippen molar-refractivity contribution in [1.29, 1.82) is 0 Å². The Hall–Kier alpha value is 0.01000. The first-order valence-electron chi connectivity index (χ1n) is 5.12. The van der Waals surface area contributed by atoms with Crippen molar-refractivity contribution in [1.82, 2.24) is 4.90 Å². The lowest BCUT2D eigenvalue weighted by Crippen LogP contribution is -2.14. The van der Waals surface area contributed by atoms with E-state index in [1.807, 2.05) is 11.8 Å². The van der Waals surface area contributed by atoms with E-state index in [0.717, 1.165) is 12.0 Å². The Balaban J connectivity index is 2.56. The fourth-order valence-corrected chi connectivity index (χ4v) is 2.31. The molecule has 0 unspecified atom stereocenters. The van der Waals surface area contributed by atoms with E-state index in [1.54, 1.807) is 0 Å². The van der Waals surface area contributed by atoms with E-state index in [0.29, 0.717) is 5.25 Å². The van der Waals surface area contributed by atoms with Crippen molar-refractivity contribution in [3.8, 4) is 0 Å². The second-order valence-corrected chi connectivity index (χ2v) is 6.10. The van der Waals surface area contributed by atoms with Gasteiger partial charge < -0.3 is 0 Å². The minimum absolute atomic E-state index is 0.654. The molecule has 0 radical (unpaired) electrons. The van der Waals surface area contributed by atoms with Crippen LogP contribution in [0.5, 0.6) is 0 Å². The summed E-state index contributed by atoms with van der Waals surface area (Å²) in [5.74, 6) is 0. The van der Waals surface area contributed by atoms with Gasteiger partial charge >= 0.3 is 0 Å². The van der Waals surface area contributed by atoms with Crippen LogP contribution in [0.3, 0.4) is 0 Å². The van der Waals surface area contributed by atoms with Crippen LogP contribution in [0.2, 0.25) is 0 Å². The van der Waals surface area contributed by atoms with Gasteiger partial charge in [-0.3, -0.25) is 4.90 Å². The molecule has 0 N–H and O–H groups in total. The van der Waals surface area contributed by atoms with Crippen molar-refractivity contribution in [2.24, 2.45) is 0 Å². The van der Waals surface area contributed by atoms with Crippen LogP contribution in [0, 0.1) is 0 Å². The zero-order valence-corrected chi connectivity index (χ0v) is 11.9. The Morgan fingerprint density at radius 3 is 2.33 bits per heavy atom. The summed E-state index contributed by atoms with van der Waals surface area (Å²) >= 11 is 5.35. The maximum atomic E-state index is 3.44. The Morgan fingerprint density at radius 2 is 1.87 bits per heavy atom. The fraction of sp³-hybridized carbons (Fsp3) is 0.500. The van der Waals surface area contributed by atoms with Crippen molar-refractivity contribution >= 4 is 27.7 Å². The molecule has 0 aromatic heterocycles. The molecule has 0 amide bonds. The van der Waals surface area contributed by atoms with Crippen LogP contribution in [0.15, 0.2) is 29.2 Å². The average molecular weight is 288 g/mol. The Labute approximate surface area is 105 Å². The molecular weight excluding hydrogens is 270 g/mol. The molecule has 0 spiro atoms. The predicted molar refractivity (Wildman–Crippen MR) is 72.7 cm³/mol. The summed E-state index contributed by atoms with van der Waals surface area (Å²) in [7, 11) is 2.10. The van der Waals surface area contributed by atoms with Crippen LogP contribution >= 0.6 is 27.7 Å². The van der Waals surface area contributed by atoms with Gasteiger partial charge in [0.2, 0.25) is 0 Å². The second kappa shape index (κ2) is 6.56. The summed E-state index contributed by atoms with van der Waals surface area (Å²) in [4.78, 5) is 3.58. The zero-order chi connectivity index (χ0) is 11.3. The zero-order valence-electron chi connectivity index (χ0n) is 9.53. The lowest BCUT2D eigenvalue weighted by Gasteiger charge is -2.13. The number of halogens is 1. The lowest BCUT2D eigenvalue weighted by molar-refractivity contribution is 0.390. The van der Waals surface area contributed by atoms with Crippen LogP contribution in [-0.2, 0) is 6.54 Å². The lowest BCUT2D eigenvalue weighted by atomic mass is 10.2. The minimum Gasteiger partial charge on any atom is -0.292 e. The van der Waals surface area contributed by atoms with Gasteiger partial charge in [0.1, 0.15) is 0 Å². The first-order valence-corrected chi connectivity index (χ1v) is 7.12. The normalized spacial score (nSPS) is 11.3. The van der Waals surface area contributed by atoms with E-state index in [4.69, 9.17) is 0 Å². The molecule has 0 aliphatic heterocycles. The van der Waals surface area contributed by atoms with Crippen LogP contribution in [0.1, 0.15) is 19.4 Å². The summed E-state index contributed by atoms with van der Waals surface area (Å²) < 4.78 is 0. The number of alkyl halides is 1. The molecule has 3 heteroatoms. The molecule has 1 rings (SSSR count). The highest BCUT2D eigenvalue weighted by molar-refractivity contribution is 9.09. The largest absolute Gasteiger partial charge is 0.292 e. The van der Waals surface area contributed by atoms with E-state index >= 15 is 0 Å². The Kier molecular flexibility index (Phi) is 5.72. The fourth-order valence-electron chi connectivity index (χ4n) is 1.30. The Bertz CT molecular complexity index is 284. The van der Waals surface area contributed by atoms with Gasteiger partial charge in [-0.15, -0.1) is 11.8 Å². The summed E-state index contributed by atoms with van der Waals surface area (Å²) in [6.07, 6.45) is 0. The summed E-state index contributed by atoms with van der Waals surface area (Å²) in [6.45, 7) is 5.44. The van der Waals surface area contributed by atoms with Crippen LogP contribution in [-0.4, -0.2) is 22.7 Å². The van der Waals surface area contributed by atoms with E-state index in [1.165, 1.54) is 10.5 Å². The van der Waals surface area contributed by atoms with Gasteiger partial charge in [-0.25, -0.2) is 0 Å². The number of hydrogen-bond donors (Lipinski definition) is 0. The van der Waals surface area contributed by atoms with Gasteiger partial charge in [0.25, 0.3) is 0 Å². The Morgan fingerprint density at radius 1 is 1.27 bits per heavy atom. The molecule has 0 heterocycles. The summed E-state index contributed by atoms with van der Waals surface area (Å²) in [5, 5.41) is 0.654. The minimum atomic E-state index is 0.654. The van der Waals surface area contributed by atoms with Crippen molar-refractivity contribution in [2.45, 2.75) is 30.5 Å². The molecule has 0 aliphatic rings. The van der Waals surface area contributed by atoms with Crippen molar-refractivity contribution in [2.75, 3.05) is 12.5 Å². The molecule has 0 bridgehead atoms. The van der Waals surface area contributed by atoms with Gasteiger partial charge in [-0.2, -0.15) is 0 Å². The smallest absolute Gasteiger partial charge is 0.0542 e. The van der Waals surface area contributed by atoms with Crippen LogP contribution in [0.25, 0.3) is 0 Å². The second-order valence-electron chi connectivity index (χ2n) is 3.94. The van der Waals surface area contributed by atoms with Crippen molar-refractivity contribution in [3.63, 3.8) is 0 Å². The number of rotatable bonds is 5. The van der Waals surface area contributed by atoms with Gasteiger partial charge in [-0.05, 0) is 24.7 Å². The number of thioether (sulfide) groups is 1. The monoisotopic (exact) mass is 287 g/mol. The molecule has 0 saturated heterocycles. The summed E-state index contributed by atoms with van der Waals surface area (Å²) in [5.41, 5.74) is 2.28. The third-order valence-electron chi connectivity index (χ3n) is 1.95. The van der Waals surface area contributed by atoms with E-state index < -0.39 is 0 Å². The maximum absolute atomic E-state index is 3.44. The average Bonchev–Trinajstić information content (AvgIpc) is 2.20. The molecular formula is C12H18BrNS. The number of nitrogens with zero attached hydrogens (tertiary/aromatic N) is 1. The third kappa shape index (κ3) is 5.05. The highest BCUT2D eigenvalue weighted by Crippen LogP contribution is 2.23. The first kappa shape index (κ1) is 13.1. The SMILES string of the molecule is CC(C)Sc1ccc(CN(C)CBr)cc1. The van der Waals surface area contributed by atoms with E-state index in [-0.39, 0.29) is 0 Å². The number of hydrogen-bond acceptors (Lipinski definition) is 2. The van der Waals surface area contributed by atoms with Crippen molar-refractivity contribution < 1.29 is 0 Å². The molecule has 0 atom stereocenters. The number of benzene rings is 1. The predicted octanol–water partition coefficient (Wildman–Crippen LogP) is 3.97. The standard InChI is InChI=1S/C12H18BrNS/c1-10(2)15-12-6-4-11(5-7-12)8-14(3)9-13/h4-7,10H,8-9H2,1-3H3. The van der Waals surface area contributed by atoms with Crippen LogP contribution in [0.4, 0.5) is 0 Å². The quantitative estimate of drug-likeness (QED) is 0.458. The first-order chi connectivity index (χ1) is 7.11. The molecule has 1 aromatic rings. The highest BCUT2D eigenvalue weighted by atomic mass is 79.9. The molecule has 0 fully saturated rings. The van der Waals surface area contributed by atoms with Crippen molar-refractivity contribution in [3.05, 3.63) is 29.8 Å². The van der Waals surface area contributed by atoms with E-state index in [2.05, 4.69) is 66.0 Å². The molecule has 84 valence electrons. The molecule has 1 nitrogen and oxygen atoms in total. The van der Waals surface area contributed by atoms with E-state index in [9.17, 15) is 0 Å². The molecule has 0 aliphatic carbocycles. The molecule has 15 heavy (non-hydrogen) atoms. The summed E-state index contributed by atoms with van der Waals surface area (Å²) in [6, 6.07) is 8.85. The van der Waals surface area contributed by atoms with Gasteiger partial charge in [0.15, 0.2) is 0 Å².